The summed E-state index contributed by atoms with van der Waals surface area (Å²) < 4.78 is 37.8. The molecule has 3 aliphatic heterocycles. The molecule has 3 fully saturated rings. The lowest BCUT2D eigenvalue weighted by molar-refractivity contribution is -0.318. The van der Waals surface area contributed by atoms with Crippen molar-refractivity contribution in [2.75, 3.05) is 41.9 Å². The first-order valence-electron chi connectivity index (χ1n) is 19.6. The highest BCUT2D eigenvalue weighted by Gasteiger charge is 2.52. The average Bonchev–Trinajstić information content (AvgIpc) is 3.07. The Morgan fingerprint density at radius 3 is 2.04 bits per heavy atom. The molecule has 0 aromatic rings. The lowest BCUT2D eigenvalue weighted by Gasteiger charge is -2.49. The van der Waals surface area contributed by atoms with E-state index in [-0.39, 0.29) is 36.9 Å². The van der Waals surface area contributed by atoms with Crippen LogP contribution < -0.4 is 0 Å². The fourth-order valence-electron chi connectivity index (χ4n) is 9.56. The zero-order valence-electron chi connectivity index (χ0n) is 34.8. The third kappa shape index (κ3) is 10.5. The van der Waals surface area contributed by atoms with Crippen molar-refractivity contribution in [3.63, 3.8) is 0 Å². The number of ether oxygens (including phenoxy) is 6. The molecule has 0 aromatic carbocycles. The van der Waals surface area contributed by atoms with Gasteiger partial charge in [-0.1, -0.05) is 27.7 Å². The Morgan fingerprint density at radius 2 is 1.51 bits per heavy atom. The number of methoxy groups -OCH3 is 1. The molecule has 19 atom stereocenters. The van der Waals surface area contributed by atoms with Crippen LogP contribution in [-0.4, -0.2) is 168 Å². The molecule has 3 aliphatic rings. The molecule has 14 nitrogen and oxygen atoms in total. The average molecular weight is 763 g/mol. The molecule has 0 spiro atoms. The van der Waals surface area contributed by atoms with E-state index in [2.05, 4.69) is 0 Å². The molecular weight excluding hydrogens is 688 g/mol. The third-order valence-electron chi connectivity index (χ3n) is 12.6. The van der Waals surface area contributed by atoms with Gasteiger partial charge in [-0.15, -0.1) is 0 Å². The van der Waals surface area contributed by atoms with Crippen LogP contribution >= 0.6 is 0 Å². The van der Waals surface area contributed by atoms with Crippen LogP contribution in [0.1, 0.15) is 88.0 Å². The molecule has 53 heavy (non-hydrogen) atoms. The normalized spacial score (nSPS) is 48.4. The number of cyclic esters (lactones) is 1. The maximum Gasteiger partial charge on any atom is 0.311 e. The predicted molar refractivity (Wildman–Crippen MR) is 199 cm³/mol. The van der Waals surface area contributed by atoms with Crippen LogP contribution in [0.5, 0.6) is 0 Å². The van der Waals surface area contributed by atoms with E-state index < -0.39 is 103 Å². The van der Waals surface area contributed by atoms with Crippen molar-refractivity contribution in [2.45, 2.75) is 173 Å². The lowest BCUT2D eigenvalue weighted by Crippen LogP contribution is -2.61. The van der Waals surface area contributed by atoms with Gasteiger partial charge in [0.1, 0.15) is 18.3 Å². The first kappa shape index (κ1) is 46.4. The smallest absolute Gasteiger partial charge is 0.311 e. The molecule has 0 aliphatic carbocycles. The van der Waals surface area contributed by atoms with Crippen molar-refractivity contribution in [3.8, 4) is 0 Å². The molecule has 0 radical (unpaired) electrons. The van der Waals surface area contributed by atoms with Gasteiger partial charge in [0.2, 0.25) is 0 Å². The Hall–Kier alpha value is -1.01. The molecule has 3 rings (SSSR count). The summed E-state index contributed by atoms with van der Waals surface area (Å²) in [5.41, 5.74) is -2.61. The van der Waals surface area contributed by atoms with Gasteiger partial charge in [0, 0.05) is 37.5 Å². The van der Waals surface area contributed by atoms with E-state index in [0.717, 1.165) is 0 Å². The van der Waals surface area contributed by atoms with E-state index in [1.807, 2.05) is 72.6 Å². The van der Waals surface area contributed by atoms with Crippen LogP contribution in [0.3, 0.4) is 0 Å². The number of rotatable bonds is 9. The van der Waals surface area contributed by atoms with Crippen molar-refractivity contribution >= 4 is 5.97 Å². The topological polar surface area (TPSA) is 180 Å². The van der Waals surface area contributed by atoms with Crippen LogP contribution in [0.15, 0.2) is 0 Å². The number of aliphatic hydroxyl groups is 5. The Bertz CT molecular complexity index is 1150. The number of nitrogens with zero attached hydrogens (tertiary/aromatic N) is 2. The molecule has 0 saturated carbocycles. The first-order chi connectivity index (χ1) is 24.5. The van der Waals surface area contributed by atoms with E-state index in [9.17, 15) is 30.3 Å². The maximum absolute atomic E-state index is 14.2. The number of carbonyl (C=O) groups excluding carboxylic acids is 1. The molecule has 3 heterocycles. The van der Waals surface area contributed by atoms with Gasteiger partial charge in [-0.05, 0) is 93.9 Å². The van der Waals surface area contributed by atoms with Crippen molar-refractivity contribution in [1.82, 2.24) is 9.80 Å². The number of carbonyl (C=O) groups is 1. The number of esters is 1. The van der Waals surface area contributed by atoms with Gasteiger partial charge in [0.25, 0.3) is 0 Å². The van der Waals surface area contributed by atoms with Crippen LogP contribution in [0.4, 0.5) is 0 Å². The zero-order valence-corrected chi connectivity index (χ0v) is 34.8. The number of hydrogen-bond donors (Lipinski definition) is 5. The molecule has 14 heteroatoms. The summed E-state index contributed by atoms with van der Waals surface area (Å²) in [5.74, 6) is -3.69. The Balaban J connectivity index is 2.21. The van der Waals surface area contributed by atoms with Crippen LogP contribution in [0.2, 0.25) is 0 Å². The second kappa shape index (κ2) is 19.0. The Morgan fingerprint density at radius 1 is 0.887 bits per heavy atom. The quantitative estimate of drug-likeness (QED) is 0.215. The van der Waals surface area contributed by atoms with Crippen molar-refractivity contribution in [2.24, 2.45) is 29.6 Å². The number of likely N-dealkylation sites (N-methyl/N-ethyl adjacent to an activating group) is 1. The Labute approximate surface area is 318 Å². The molecule has 312 valence electrons. The summed E-state index contributed by atoms with van der Waals surface area (Å²) in [4.78, 5) is 18.2. The van der Waals surface area contributed by atoms with Crippen molar-refractivity contribution < 1.29 is 58.7 Å². The molecular formula is C39H74N2O12. The zero-order chi connectivity index (χ0) is 40.3. The monoisotopic (exact) mass is 763 g/mol. The van der Waals surface area contributed by atoms with Gasteiger partial charge < -0.3 is 63.8 Å². The van der Waals surface area contributed by atoms with Crippen LogP contribution in [-0.2, 0) is 33.2 Å². The second-order valence-electron chi connectivity index (χ2n) is 17.4. The summed E-state index contributed by atoms with van der Waals surface area (Å²) in [6.45, 7) is 16.0. The summed E-state index contributed by atoms with van der Waals surface area (Å²) >= 11 is 0. The Kier molecular flexibility index (Phi) is 16.6. The largest absolute Gasteiger partial charge is 0.462 e. The van der Waals surface area contributed by atoms with Gasteiger partial charge in [-0.3, -0.25) is 4.79 Å². The fraction of sp³-hybridized carbons (Fsp3) is 0.974. The van der Waals surface area contributed by atoms with Gasteiger partial charge in [-0.25, -0.2) is 0 Å². The van der Waals surface area contributed by atoms with Crippen molar-refractivity contribution in [3.05, 3.63) is 0 Å². The van der Waals surface area contributed by atoms with Crippen LogP contribution in [0.25, 0.3) is 0 Å². The third-order valence-corrected chi connectivity index (χ3v) is 12.6. The van der Waals surface area contributed by atoms with Gasteiger partial charge >= 0.3 is 5.97 Å². The molecule has 5 N–H and O–H groups in total. The molecule has 3 saturated heterocycles. The standard InChI is InChI=1S/C39H74N2O12/c1-15-28-26(19-42)31(43)22(4)30(41(12)13)20(2)17-38(8,47)35(53-37-32(44)27(40(10)11)16-21(3)49-37)23(5)33(24(6)36(46)51-28)52-29-18-39(9,48-14)34(45)25(7)50-29/h20-35,37,42-45,47H,15-19H2,1-14H3/t20-,21-,22+,23+,24-,25+,26+,27+,28-,29+,30-,31-,32-,33+,34+,35-,37+,38+,39-/m1/s1. The SMILES string of the molecule is CC[C@H]1OC(=O)[C@H](C)[C@@H](O[C@H]2C[C@@](C)(OC)[C@@H](O)[C@H](C)O2)[C@H](C)[C@@H](O[C@@H]2O[C@H](C)C[C@H](N(C)C)[C@H]2O)[C@@](C)(O)C[C@@H](C)[C@@H](N(C)C)[C@H](C)[C@@H](O)[C@H]1CO. The van der Waals surface area contributed by atoms with Gasteiger partial charge in [0.05, 0.1) is 54.2 Å². The summed E-state index contributed by atoms with van der Waals surface area (Å²) in [6, 6.07) is -0.544. The van der Waals surface area contributed by atoms with Gasteiger partial charge in [0.15, 0.2) is 12.6 Å². The minimum absolute atomic E-state index is 0.143. The number of hydrogen-bond acceptors (Lipinski definition) is 14. The minimum atomic E-state index is -1.59. The maximum atomic E-state index is 14.2. The molecule has 0 amide bonds. The number of aliphatic hydroxyl groups excluding tert-OH is 4. The molecule has 0 unspecified atom stereocenters. The van der Waals surface area contributed by atoms with Crippen LogP contribution in [0, 0.1) is 29.6 Å². The van der Waals surface area contributed by atoms with E-state index in [4.69, 9.17) is 28.4 Å². The fourth-order valence-corrected chi connectivity index (χ4v) is 9.56. The molecule has 0 bridgehead atoms. The lowest BCUT2D eigenvalue weighted by atomic mass is 9.73. The summed E-state index contributed by atoms with van der Waals surface area (Å²) in [6.07, 6.45) is -7.55. The highest BCUT2D eigenvalue weighted by Crippen LogP contribution is 2.41. The predicted octanol–water partition coefficient (Wildman–Crippen LogP) is 2.00. The molecule has 0 aromatic heterocycles. The summed E-state index contributed by atoms with van der Waals surface area (Å²) in [7, 11) is 9.13. The minimum Gasteiger partial charge on any atom is -0.462 e. The van der Waals surface area contributed by atoms with E-state index >= 15 is 0 Å². The van der Waals surface area contributed by atoms with Crippen molar-refractivity contribution in [1.29, 1.82) is 0 Å². The highest BCUT2D eigenvalue weighted by molar-refractivity contribution is 5.73. The van der Waals surface area contributed by atoms with E-state index in [0.29, 0.717) is 12.8 Å². The second-order valence-corrected chi connectivity index (χ2v) is 17.4. The van der Waals surface area contributed by atoms with E-state index in [1.165, 1.54) is 7.11 Å². The van der Waals surface area contributed by atoms with E-state index in [1.54, 1.807) is 27.7 Å². The van der Waals surface area contributed by atoms with Gasteiger partial charge in [-0.2, -0.15) is 0 Å². The first-order valence-corrected chi connectivity index (χ1v) is 19.6. The summed E-state index contributed by atoms with van der Waals surface area (Å²) in [5, 5.41) is 57.6. The highest BCUT2D eigenvalue weighted by atomic mass is 16.7.